The van der Waals surface area contributed by atoms with Crippen LogP contribution >= 0.6 is 23.2 Å². The number of rotatable bonds is 4. The number of halogens is 2. The van der Waals surface area contributed by atoms with Crippen LogP contribution in [0.4, 0.5) is 5.69 Å². The van der Waals surface area contributed by atoms with Gasteiger partial charge in [0.1, 0.15) is 0 Å². The molecule has 1 aromatic carbocycles. The Kier molecular flexibility index (Phi) is 3.82. The SMILES string of the molecule is O=C(O)c1ccc(Oc2c(Cl)cc([N+](=O)[O-])cc2Cl)o1. The average Bonchev–Trinajstić information content (AvgIpc) is 2.82. The topological polar surface area (TPSA) is 103 Å². The van der Waals surface area contributed by atoms with E-state index in [-0.39, 0.29) is 33.2 Å². The average molecular weight is 318 g/mol. The minimum Gasteiger partial charge on any atom is -0.475 e. The molecule has 0 spiro atoms. The van der Waals surface area contributed by atoms with Crippen molar-refractivity contribution >= 4 is 34.9 Å². The van der Waals surface area contributed by atoms with E-state index in [1.54, 1.807) is 0 Å². The Morgan fingerprint density at radius 2 is 1.90 bits per heavy atom. The van der Waals surface area contributed by atoms with Gasteiger partial charge >= 0.3 is 5.97 Å². The predicted molar refractivity (Wildman–Crippen MR) is 68.9 cm³/mol. The van der Waals surface area contributed by atoms with Gasteiger partial charge in [0.2, 0.25) is 5.76 Å². The monoisotopic (exact) mass is 317 g/mol. The minimum absolute atomic E-state index is 0.0646. The van der Waals surface area contributed by atoms with Crippen molar-refractivity contribution in [1.82, 2.24) is 0 Å². The third kappa shape index (κ3) is 2.84. The molecule has 0 amide bonds. The molecule has 0 aliphatic rings. The van der Waals surface area contributed by atoms with Gasteiger partial charge in [-0.3, -0.25) is 10.1 Å². The van der Waals surface area contributed by atoms with Crippen LogP contribution in [0.1, 0.15) is 10.6 Å². The summed E-state index contributed by atoms with van der Waals surface area (Å²) >= 11 is 11.7. The number of ether oxygens (including phenoxy) is 1. The summed E-state index contributed by atoms with van der Waals surface area (Å²) in [7, 11) is 0. The summed E-state index contributed by atoms with van der Waals surface area (Å²) in [5.41, 5.74) is -0.294. The second-order valence-corrected chi connectivity index (χ2v) is 4.34. The number of nitro groups is 1. The molecule has 2 rings (SSSR count). The van der Waals surface area contributed by atoms with E-state index < -0.39 is 10.9 Å². The molecule has 1 aromatic heterocycles. The normalized spacial score (nSPS) is 10.3. The fourth-order valence-electron chi connectivity index (χ4n) is 1.34. The van der Waals surface area contributed by atoms with Crippen LogP contribution in [-0.2, 0) is 0 Å². The van der Waals surface area contributed by atoms with Crippen molar-refractivity contribution in [2.75, 3.05) is 0 Å². The molecule has 0 radical (unpaired) electrons. The molecule has 0 aliphatic heterocycles. The number of benzene rings is 1. The largest absolute Gasteiger partial charge is 0.475 e. The van der Waals surface area contributed by atoms with Gasteiger partial charge in [-0.25, -0.2) is 4.79 Å². The lowest BCUT2D eigenvalue weighted by atomic mass is 10.3. The molecule has 0 atom stereocenters. The number of hydrogen-bond donors (Lipinski definition) is 1. The number of nitro benzene ring substituents is 1. The predicted octanol–water partition coefficient (Wildman–Crippen LogP) is 3.99. The van der Waals surface area contributed by atoms with Crippen LogP contribution in [0.3, 0.4) is 0 Å². The summed E-state index contributed by atoms with van der Waals surface area (Å²) in [5, 5.41) is 19.1. The van der Waals surface area contributed by atoms with Gasteiger partial charge in [0.05, 0.1) is 15.0 Å². The van der Waals surface area contributed by atoms with E-state index in [2.05, 4.69) is 0 Å². The molecule has 0 aliphatic carbocycles. The fraction of sp³-hybridized carbons (Fsp3) is 0. The lowest BCUT2D eigenvalue weighted by Gasteiger charge is -2.06. The Morgan fingerprint density at radius 1 is 1.30 bits per heavy atom. The zero-order valence-electron chi connectivity index (χ0n) is 9.50. The van der Waals surface area contributed by atoms with Crippen LogP contribution in [0.2, 0.25) is 10.0 Å². The van der Waals surface area contributed by atoms with Crippen molar-refractivity contribution in [3.63, 3.8) is 0 Å². The third-order valence-corrected chi connectivity index (χ3v) is 2.75. The van der Waals surface area contributed by atoms with Crippen LogP contribution in [0, 0.1) is 10.1 Å². The molecular weight excluding hydrogens is 313 g/mol. The smallest absolute Gasteiger partial charge is 0.371 e. The molecule has 1 heterocycles. The number of carboxylic acid groups (broad SMARTS) is 1. The molecule has 7 nitrogen and oxygen atoms in total. The van der Waals surface area contributed by atoms with Crippen LogP contribution in [-0.4, -0.2) is 16.0 Å². The van der Waals surface area contributed by atoms with Gasteiger partial charge < -0.3 is 14.3 Å². The summed E-state index contributed by atoms with van der Waals surface area (Å²) in [5.74, 6) is -1.81. The molecule has 0 unspecified atom stereocenters. The first kappa shape index (κ1) is 14.2. The van der Waals surface area contributed by atoms with Crippen molar-refractivity contribution in [1.29, 1.82) is 0 Å². The molecule has 2 aromatic rings. The minimum atomic E-state index is -1.26. The van der Waals surface area contributed by atoms with Crippen molar-refractivity contribution in [2.45, 2.75) is 0 Å². The number of carboxylic acids is 1. The van der Waals surface area contributed by atoms with E-state index in [0.717, 1.165) is 12.1 Å². The Labute approximate surface area is 121 Å². The van der Waals surface area contributed by atoms with Gasteiger partial charge in [0.15, 0.2) is 5.75 Å². The van der Waals surface area contributed by atoms with E-state index in [9.17, 15) is 14.9 Å². The van der Waals surface area contributed by atoms with Crippen molar-refractivity contribution < 1.29 is 24.0 Å². The van der Waals surface area contributed by atoms with Crippen LogP contribution in [0.15, 0.2) is 28.7 Å². The maximum Gasteiger partial charge on any atom is 0.371 e. The summed E-state index contributed by atoms with van der Waals surface area (Å²) in [6.07, 6.45) is 0. The highest BCUT2D eigenvalue weighted by molar-refractivity contribution is 6.37. The summed E-state index contributed by atoms with van der Waals surface area (Å²) in [4.78, 5) is 20.6. The molecule has 9 heteroatoms. The molecule has 104 valence electrons. The molecule has 0 bridgehead atoms. The molecule has 0 saturated heterocycles. The van der Waals surface area contributed by atoms with Gasteiger partial charge in [-0.1, -0.05) is 23.2 Å². The number of non-ortho nitro benzene ring substituents is 1. The summed E-state index contributed by atoms with van der Waals surface area (Å²) in [6.45, 7) is 0. The van der Waals surface area contributed by atoms with Gasteiger partial charge in [0.25, 0.3) is 11.6 Å². The Hall–Kier alpha value is -2.25. The Morgan fingerprint density at radius 3 is 2.35 bits per heavy atom. The van der Waals surface area contributed by atoms with Crippen molar-refractivity contribution in [3.8, 4) is 11.7 Å². The maximum atomic E-state index is 10.6. The van der Waals surface area contributed by atoms with E-state index in [1.807, 2.05) is 0 Å². The van der Waals surface area contributed by atoms with E-state index in [0.29, 0.717) is 0 Å². The van der Waals surface area contributed by atoms with Gasteiger partial charge in [-0.15, -0.1) is 0 Å². The number of aromatic carboxylic acids is 1. The standard InChI is InChI=1S/C11H5Cl2NO6/c12-6-3-5(14(17)18)4-7(13)10(6)20-9-2-1-8(19-9)11(15)16/h1-4H,(H,15,16). The molecule has 20 heavy (non-hydrogen) atoms. The molecule has 0 saturated carbocycles. The first-order valence-electron chi connectivity index (χ1n) is 5.03. The first-order chi connectivity index (χ1) is 9.38. The summed E-state index contributed by atoms with van der Waals surface area (Å²) < 4.78 is 10.1. The third-order valence-electron chi connectivity index (χ3n) is 2.19. The second kappa shape index (κ2) is 5.40. The van der Waals surface area contributed by atoms with E-state index in [4.69, 9.17) is 37.5 Å². The fourth-order valence-corrected chi connectivity index (χ4v) is 1.89. The molecule has 1 N–H and O–H groups in total. The van der Waals surface area contributed by atoms with E-state index >= 15 is 0 Å². The van der Waals surface area contributed by atoms with Gasteiger partial charge in [-0.05, 0) is 6.07 Å². The second-order valence-electron chi connectivity index (χ2n) is 3.52. The van der Waals surface area contributed by atoms with Crippen LogP contribution in [0.5, 0.6) is 11.7 Å². The Balaban J connectivity index is 2.33. The zero-order valence-corrected chi connectivity index (χ0v) is 11.0. The molecule has 0 fully saturated rings. The van der Waals surface area contributed by atoms with Crippen LogP contribution < -0.4 is 4.74 Å². The molecular formula is C11H5Cl2NO6. The van der Waals surface area contributed by atoms with Crippen molar-refractivity contribution in [3.05, 3.63) is 50.2 Å². The Bertz CT molecular complexity index is 673. The van der Waals surface area contributed by atoms with Crippen molar-refractivity contribution in [2.24, 2.45) is 0 Å². The zero-order chi connectivity index (χ0) is 14.9. The highest BCUT2D eigenvalue weighted by Crippen LogP contribution is 2.39. The quantitative estimate of drug-likeness (QED) is 0.675. The van der Waals surface area contributed by atoms with Crippen LogP contribution in [0.25, 0.3) is 0 Å². The number of carbonyl (C=O) groups is 1. The lowest BCUT2D eigenvalue weighted by molar-refractivity contribution is -0.384. The summed E-state index contributed by atoms with van der Waals surface area (Å²) in [6, 6.07) is 4.57. The lowest BCUT2D eigenvalue weighted by Crippen LogP contribution is -1.92. The highest BCUT2D eigenvalue weighted by Gasteiger charge is 2.18. The number of hydrogen-bond acceptors (Lipinski definition) is 5. The first-order valence-corrected chi connectivity index (χ1v) is 5.78. The van der Waals surface area contributed by atoms with E-state index in [1.165, 1.54) is 12.1 Å². The highest BCUT2D eigenvalue weighted by atomic mass is 35.5. The van der Waals surface area contributed by atoms with Gasteiger partial charge in [0, 0.05) is 18.2 Å². The maximum absolute atomic E-state index is 10.6. The number of nitrogens with zero attached hydrogens (tertiary/aromatic N) is 1. The number of furan rings is 1. The van der Waals surface area contributed by atoms with Gasteiger partial charge in [-0.2, -0.15) is 0 Å².